The molecule has 0 aliphatic heterocycles. The van der Waals surface area contributed by atoms with E-state index >= 15 is 0 Å². The Bertz CT molecular complexity index is 330. The van der Waals surface area contributed by atoms with Crippen LogP contribution in [0.5, 0.6) is 5.75 Å². The fourth-order valence-electron chi connectivity index (χ4n) is 1.03. The highest BCUT2D eigenvalue weighted by Gasteiger charge is 2.16. The van der Waals surface area contributed by atoms with Gasteiger partial charge in [-0.3, -0.25) is 0 Å². The Labute approximate surface area is 87.3 Å². The van der Waals surface area contributed by atoms with Crippen LogP contribution in [0.15, 0.2) is 6.07 Å². The molecule has 1 unspecified atom stereocenters. The number of aromatic carboxylic acids is 1. The molecule has 0 aliphatic rings. The van der Waals surface area contributed by atoms with Crippen LogP contribution >= 0.6 is 11.3 Å². The normalized spacial score (nSPS) is 12.5. The van der Waals surface area contributed by atoms with Crippen molar-refractivity contribution in [2.75, 3.05) is 0 Å². The summed E-state index contributed by atoms with van der Waals surface area (Å²) in [5, 5.41) is 8.89. The van der Waals surface area contributed by atoms with Gasteiger partial charge in [-0.05, 0) is 26.3 Å². The van der Waals surface area contributed by atoms with Crippen molar-refractivity contribution in [3.05, 3.63) is 15.8 Å². The summed E-state index contributed by atoms with van der Waals surface area (Å²) >= 11 is 1.25. The number of rotatable bonds is 4. The van der Waals surface area contributed by atoms with Gasteiger partial charge in [-0.25, -0.2) is 4.79 Å². The van der Waals surface area contributed by atoms with Crippen molar-refractivity contribution in [1.29, 1.82) is 0 Å². The fourth-order valence-corrected chi connectivity index (χ4v) is 1.81. The summed E-state index contributed by atoms with van der Waals surface area (Å²) in [6.07, 6.45) is 0.927. The van der Waals surface area contributed by atoms with E-state index in [2.05, 4.69) is 0 Å². The Morgan fingerprint density at radius 3 is 2.86 bits per heavy atom. The molecule has 0 amide bonds. The van der Waals surface area contributed by atoms with Gasteiger partial charge in [0, 0.05) is 4.88 Å². The first kappa shape index (κ1) is 11.0. The quantitative estimate of drug-likeness (QED) is 0.838. The lowest BCUT2D eigenvalue weighted by Gasteiger charge is -2.11. The number of ether oxygens (including phenoxy) is 1. The molecule has 0 saturated carbocycles. The summed E-state index contributed by atoms with van der Waals surface area (Å²) in [6.45, 7) is 5.81. The minimum Gasteiger partial charge on any atom is -0.489 e. The monoisotopic (exact) mass is 214 g/mol. The first-order valence-corrected chi connectivity index (χ1v) is 5.36. The van der Waals surface area contributed by atoms with E-state index in [1.54, 1.807) is 6.07 Å². The van der Waals surface area contributed by atoms with Gasteiger partial charge in [-0.1, -0.05) is 6.92 Å². The molecule has 0 fully saturated rings. The molecular formula is C10H14O3S. The number of carboxylic acids is 1. The molecule has 3 nitrogen and oxygen atoms in total. The average molecular weight is 214 g/mol. The van der Waals surface area contributed by atoms with E-state index in [1.807, 2.05) is 20.8 Å². The summed E-state index contributed by atoms with van der Waals surface area (Å²) in [5.41, 5.74) is 0. The Hall–Kier alpha value is -1.03. The Morgan fingerprint density at radius 2 is 2.36 bits per heavy atom. The van der Waals surface area contributed by atoms with Gasteiger partial charge in [-0.15, -0.1) is 11.3 Å². The molecule has 78 valence electrons. The van der Waals surface area contributed by atoms with Crippen molar-refractivity contribution >= 4 is 17.3 Å². The third-order valence-electron chi connectivity index (χ3n) is 1.92. The van der Waals surface area contributed by atoms with E-state index in [-0.39, 0.29) is 6.10 Å². The molecule has 0 spiro atoms. The number of aryl methyl sites for hydroxylation is 1. The van der Waals surface area contributed by atoms with Crippen LogP contribution in [0.1, 0.15) is 34.8 Å². The number of carbonyl (C=O) groups is 1. The molecule has 0 bridgehead atoms. The summed E-state index contributed by atoms with van der Waals surface area (Å²) in [6, 6.07) is 1.78. The van der Waals surface area contributed by atoms with E-state index in [9.17, 15) is 4.79 Å². The SMILES string of the molecule is CCC(C)Oc1cc(C)sc1C(=O)O. The van der Waals surface area contributed by atoms with E-state index in [1.165, 1.54) is 11.3 Å². The van der Waals surface area contributed by atoms with Crippen molar-refractivity contribution in [2.45, 2.75) is 33.3 Å². The van der Waals surface area contributed by atoms with Gasteiger partial charge < -0.3 is 9.84 Å². The molecule has 0 saturated heterocycles. The average Bonchev–Trinajstić information content (AvgIpc) is 2.46. The topological polar surface area (TPSA) is 46.5 Å². The highest BCUT2D eigenvalue weighted by molar-refractivity contribution is 7.14. The molecular weight excluding hydrogens is 200 g/mol. The molecule has 1 N–H and O–H groups in total. The maximum absolute atomic E-state index is 10.8. The second-order valence-electron chi connectivity index (χ2n) is 3.19. The third kappa shape index (κ3) is 2.48. The molecule has 0 aromatic carbocycles. The predicted molar refractivity (Wildman–Crippen MR) is 56.4 cm³/mol. The standard InChI is InChI=1S/C10H14O3S/c1-4-6(2)13-8-5-7(3)14-9(8)10(11)12/h5-6H,4H2,1-3H3,(H,11,12). The van der Waals surface area contributed by atoms with E-state index < -0.39 is 5.97 Å². The van der Waals surface area contributed by atoms with Crippen LogP contribution in [0.4, 0.5) is 0 Å². The zero-order chi connectivity index (χ0) is 10.7. The maximum Gasteiger partial charge on any atom is 0.349 e. The molecule has 1 aromatic heterocycles. The van der Waals surface area contributed by atoms with Gasteiger partial charge in [-0.2, -0.15) is 0 Å². The molecule has 1 atom stereocenters. The molecule has 14 heavy (non-hydrogen) atoms. The second-order valence-corrected chi connectivity index (χ2v) is 4.45. The largest absolute Gasteiger partial charge is 0.489 e. The van der Waals surface area contributed by atoms with Gasteiger partial charge in [0.1, 0.15) is 5.75 Å². The Kier molecular flexibility index (Phi) is 3.52. The van der Waals surface area contributed by atoms with Gasteiger partial charge in [0.25, 0.3) is 0 Å². The molecule has 1 heterocycles. The van der Waals surface area contributed by atoms with E-state index in [0.29, 0.717) is 10.6 Å². The first-order valence-electron chi connectivity index (χ1n) is 4.55. The minimum absolute atomic E-state index is 0.0575. The fraction of sp³-hybridized carbons (Fsp3) is 0.500. The van der Waals surface area contributed by atoms with Crippen LogP contribution in [-0.4, -0.2) is 17.2 Å². The van der Waals surface area contributed by atoms with E-state index in [4.69, 9.17) is 9.84 Å². The summed E-state index contributed by atoms with van der Waals surface area (Å²) < 4.78 is 5.51. The van der Waals surface area contributed by atoms with Crippen LogP contribution < -0.4 is 4.74 Å². The molecule has 0 aliphatic carbocycles. The lowest BCUT2D eigenvalue weighted by atomic mass is 10.3. The third-order valence-corrected chi connectivity index (χ3v) is 2.94. The van der Waals surface area contributed by atoms with Crippen LogP contribution in [0.3, 0.4) is 0 Å². The smallest absolute Gasteiger partial charge is 0.349 e. The number of thiophene rings is 1. The van der Waals surface area contributed by atoms with Gasteiger partial charge in [0.05, 0.1) is 6.10 Å². The predicted octanol–water partition coefficient (Wildman–Crippen LogP) is 2.93. The summed E-state index contributed by atoms with van der Waals surface area (Å²) in [7, 11) is 0. The minimum atomic E-state index is -0.915. The van der Waals surface area contributed by atoms with Gasteiger partial charge in [0.15, 0.2) is 4.88 Å². The number of carboxylic acid groups (broad SMARTS) is 1. The van der Waals surface area contributed by atoms with E-state index in [0.717, 1.165) is 11.3 Å². The Morgan fingerprint density at radius 1 is 1.71 bits per heavy atom. The summed E-state index contributed by atoms with van der Waals surface area (Å²) in [4.78, 5) is 12.1. The second kappa shape index (κ2) is 4.46. The van der Waals surface area contributed by atoms with Gasteiger partial charge in [0.2, 0.25) is 0 Å². The van der Waals surface area contributed by atoms with Crippen LogP contribution in [0, 0.1) is 6.92 Å². The van der Waals surface area contributed by atoms with Crippen LogP contribution in [-0.2, 0) is 0 Å². The lowest BCUT2D eigenvalue weighted by molar-refractivity contribution is 0.0696. The van der Waals surface area contributed by atoms with Crippen LogP contribution in [0.25, 0.3) is 0 Å². The molecule has 1 aromatic rings. The van der Waals surface area contributed by atoms with Crippen molar-refractivity contribution in [3.8, 4) is 5.75 Å². The highest BCUT2D eigenvalue weighted by atomic mass is 32.1. The van der Waals surface area contributed by atoms with Crippen molar-refractivity contribution in [2.24, 2.45) is 0 Å². The highest BCUT2D eigenvalue weighted by Crippen LogP contribution is 2.29. The Balaban J connectivity index is 2.89. The zero-order valence-corrected chi connectivity index (χ0v) is 9.35. The van der Waals surface area contributed by atoms with Crippen molar-refractivity contribution in [1.82, 2.24) is 0 Å². The van der Waals surface area contributed by atoms with Crippen LogP contribution in [0.2, 0.25) is 0 Å². The number of hydrogen-bond acceptors (Lipinski definition) is 3. The molecule has 4 heteroatoms. The lowest BCUT2D eigenvalue weighted by Crippen LogP contribution is -2.11. The van der Waals surface area contributed by atoms with Crippen molar-refractivity contribution < 1.29 is 14.6 Å². The number of hydrogen-bond donors (Lipinski definition) is 1. The molecule has 0 radical (unpaired) electrons. The maximum atomic E-state index is 10.8. The first-order chi connectivity index (χ1) is 6.54. The summed E-state index contributed by atoms with van der Waals surface area (Å²) in [5.74, 6) is -0.421. The van der Waals surface area contributed by atoms with Crippen molar-refractivity contribution in [3.63, 3.8) is 0 Å². The zero-order valence-electron chi connectivity index (χ0n) is 8.53. The molecule has 1 rings (SSSR count). The van der Waals surface area contributed by atoms with Gasteiger partial charge >= 0.3 is 5.97 Å².